The van der Waals surface area contributed by atoms with E-state index >= 15 is 0 Å². The second kappa shape index (κ2) is 12.9. The first-order valence-corrected chi connectivity index (χ1v) is 10.4. The van der Waals surface area contributed by atoms with Crippen molar-refractivity contribution in [3.63, 3.8) is 0 Å². The van der Waals surface area contributed by atoms with Gasteiger partial charge in [-0.15, -0.1) is 0 Å². The Morgan fingerprint density at radius 2 is 1.21 bits per heavy atom. The van der Waals surface area contributed by atoms with Gasteiger partial charge in [0.25, 0.3) is 0 Å². The predicted octanol–water partition coefficient (Wildman–Crippen LogP) is -7.73. The van der Waals surface area contributed by atoms with Crippen molar-refractivity contribution in [3.05, 3.63) is 0 Å². The molecule has 2 aliphatic heterocycles. The lowest BCUT2D eigenvalue weighted by atomic mass is 9.98. The second-order valence-electron chi connectivity index (χ2n) is 8.05. The van der Waals surface area contributed by atoms with Crippen molar-refractivity contribution in [1.82, 2.24) is 0 Å². The number of ether oxygens (including phenoxy) is 4. The van der Waals surface area contributed by atoms with E-state index in [1.165, 1.54) is 0 Å². The van der Waals surface area contributed by atoms with Gasteiger partial charge in [0.05, 0.1) is 19.8 Å². The molecule has 2 fully saturated rings. The van der Waals surface area contributed by atoms with Gasteiger partial charge < -0.3 is 79.9 Å². The summed E-state index contributed by atoms with van der Waals surface area (Å²) in [5, 5.41) is 107. The molecule has 16 heteroatoms. The first kappa shape index (κ1) is 29.3. The normalized spacial score (nSPS) is 42.6. The number of carbonyl (C=O) groups excluding carboxylic acids is 1. The zero-order valence-corrected chi connectivity index (χ0v) is 17.7. The van der Waals surface area contributed by atoms with E-state index in [-0.39, 0.29) is 6.29 Å². The molecule has 14 atom stereocenters. The summed E-state index contributed by atoms with van der Waals surface area (Å²) in [5.41, 5.74) is 0. The van der Waals surface area contributed by atoms with E-state index in [0.29, 0.717) is 0 Å². The van der Waals surface area contributed by atoms with E-state index in [0.717, 1.165) is 0 Å². The van der Waals surface area contributed by atoms with Crippen molar-refractivity contribution in [2.75, 3.05) is 19.8 Å². The Kier molecular flexibility index (Phi) is 11.1. The van der Waals surface area contributed by atoms with E-state index in [9.17, 15) is 61.0 Å². The highest BCUT2D eigenvalue weighted by Gasteiger charge is 2.47. The molecule has 34 heavy (non-hydrogen) atoms. The third-order valence-electron chi connectivity index (χ3n) is 5.61. The topological polar surface area (TPSA) is 277 Å². The third-order valence-corrected chi connectivity index (χ3v) is 5.61. The van der Waals surface area contributed by atoms with Crippen LogP contribution in [0.5, 0.6) is 0 Å². The lowest BCUT2D eigenvalue weighted by molar-refractivity contribution is -0.333. The highest BCUT2D eigenvalue weighted by Crippen LogP contribution is 2.26. The van der Waals surface area contributed by atoms with Crippen LogP contribution in [0.1, 0.15) is 0 Å². The highest BCUT2D eigenvalue weighted by molar-refractivity contribution is 5.56. The maximum atomic E-state index is 10.5. The molecule has 4 unspecified atom stereocenters. The summed E-state index contributed by atoms with van der Waals surface area (Å²) in [6.07, 6.45) is -24.4. The number of aliphatic hydroxyl groups excluding tert-OH is 11. The van der Waals surface area contributed by atoms with Gasteiger partial charge in [-0.1, -0.05) is 0 Å². The molecule has 0 saturated carbocycles. The standard InChI is InChI=1S/C18H32O16/c19-1-5(21)9(23)10(24)6(22)3-31-17-16(30)14(28)12(26)8(34-17)4-32-18-15(29)13(27)11(25)7(2-20)33-18/h1,5-18,20-30H,2-4H2/t5-,6+,7+,8+,9+,10+,11?,12+,13?,14-,15?,16?,17-,18-/m0/s1. The molecule has 0 amide bonds. The molecule has 2 rings (SSSR count). The van der Waals surface area contributed by atoms with Gasteiger partial charge in [-0.3, -0.25) is 0 Å². The fourth-order valence-corrected chi connectivity index (χ4v) is 3.39. The Morgan fingerprint density at radius 1 is 0.706 bits per heavy atom. The average molecular weight is 504 g/mol. The maximum absolute atomic E-state index is 10.5. The molecule has 0 radical (unpaired) electrons. The van der Waals surface area contributed by atoms with Gasteiger partial charge in [0.2, 0.25) is 0 Å². The molecule has 2 aliphatic rings. The van der Waals surface area contributed by atoms with E-state index in [1.54, 1.807) is 0 Å². The molecule has 11 N–H and O–H groups in total. The molecule has 0 bridgehead atoms. The molecule has 0 aromatic carbocycles. The number of rotatable bonds is 11. The van der Waals surface area contributed by atoms with Crippen LogP contribution >= 0.6 is 0 Å². The molecule has 0 aromatic heterocycles. The summed E-state index contributed by atoms with van der Waals surface area (Å²) >= 11 is 0. The lowest BCUT2D eigenvalue weighted by Gasteiger charge is -2.42. The van der Waals surface area contributed by atoms with Crippen LogP contribution in [0.4, 0.5) is 0 Å². The smallest absolute Gasteiger partial charge is 0.186 e. The van der Waals surface area contributed by atoms with Crippen molar-refractivity contribution in [2.24, 2.45) is 0 Å². The Balaban J connectivity index is 1.96. The van der Waals surface area contributed by atoms with Crippen molar-refractivity contribution < 1.29 is 79.9 Å². The Bertz CT molecular complexity index is 623. The van der Waals surface area contributed by atoms with E-state index in [1.807, 2.05) is 0 Å². The zero-order valence-electron chi connectivity index (χ0n) is 17.7. The van der Waals surface area contributed by atoms with Gasteiger partial charge in [0.1, 0.15) is 73.2 Å². The van der Waals surface area contributed by atoms with Crippen LogP contribution in [-0.4, -0.2) is 168 Å². The van der Waals surface area contributed by atoms with Crippen LogP contribution in [0.2, 0.25) is 0 Å². The first-order valence-electron chi connectivity index (χ1n) is 10.4. The fourth-order valence-electron chi connectivity index (χ4n) is 3.39. The number of hydrogen-bond acceptors (Lipinski definition) is 16. The second-order valence-corrected chi connectivity index (χ2v) is 8.05. The highest BCUT2D eigenvalue weighted by atomic mass is 16.7. The van der Waals surface area contributed by atoms with Crippen molar-refractivity contribution >= 4 is 6.29 Å². The van der Waals surface area contributed by atoms with E-state index < -0.39 is 106 Å². The zero-order chi connectivity index (χ0) is 25.7. The summed E-state index contributed by atoms with van der Waals surface area (Å²) in [4.78, 5) is 10.5. The van der Waals surface area contributed by atoms with Crippen molar-refractivity contribution in [1.29, 1.82) is 0 Å². The van der Waals surface area contributed by atoms with Gasteiger partial charge in [-0.05, 0) is 0 Å². The lowest BCUT2D eigenvalue weighted by Crippen LogP contribution is -2.62. The Morgan fingerprint density at radius 3 is 1.74 bits per heavy atom. The summed E-state index contributed by atoms with van der Waals surface area (Å²) in [6.45, 7) is -2.13. The van der Waals surface area contributed by atoms with Gasteiger partial charge in [0.15, 0.2) is 18.9 Å². The largest absolute Gasteiger partial charge is 0.394 e. The van der Waals surface area contributed by atoms with Gasteiger partial charge in [-0.2, -0.15) is 0 Å². The van der Waals surface area contributed by atoms with Crippen LogP contribution in [0.15, 0.2) is 0 Å². The number of aliphatic hydroxyl groups is 11. The molecular formula is C18H32O16. The summed E-state index contributed by atoms with van der Waals surface area (Å²) in [5.74, 6) is 0. The maximum Gasteiger partial charge on any atom is 0.186 e. The third kappa shape index (κ3) is 6.64. The molecule has 2 saturated heterocycles. The number of hydrogen-bond donors (Lipinski definition) is 11. The molecule has 0 aliphatic carbocycles. The quantitative estimate of drug-likeness (QED) is 0.117. The molecular weight excluding hydrogens is 472 g/mol. The summed E-state index contributed by atoms with van der Waals surface area (Å²) < 4.78 is 20.8. The SMILES string of the molecule is O=C[C@H](O)[C@@H](O)[C@H](O)[C@H](O)CO[C@H]1O[C@H](CO[C@H]2O[C@H](CO)C(O)C(O)C2O)[C@@H](O)[C@H](O)C1O. The predicted molar refractivity (Wildman–Crippen MR) is 102 cm³/mol. The average Bonchev–Trinajstić information content (AvgIpc) is 2.84. The number of aldehydes is 1. The Labute approximate surface area is 192 Å². The van der Waals surface area contributed by atoms with E-state index in [4.69, 9.17) is 18.9 Å². The summed E-state index contributed by atoms with van der Waals surface area (Å²) in [6, 6.07) is 0. The Hall–Kier alpha value is -0.930. The number of carbonyl (C=O) groups is 1. The monoisotopic (exact) mass is 504 g/mol. The minimum absolute atomic E-state index is 0.0623. The molecule has 200 valence electrons. The van der Waals surface area contributed by atoms with Gasteiger partial charge in [0, 0.05) is 0 Å². The van der Waals surface area contributed by atoms with Crippen molar-refractivity contribution in [2.45, 2.75) is 85.8 Å². The molecule has 2 heterocycles. The summed E-state index contributed by atoms with van der Waals surface area (Å²) in [7, 11) is 0. The molecule has 16 nitrogen and oxygen atoms in total. The minimum atomic E-state index is -2.04. The van der Waals surface area contributed by atoms with Crippen molar-refractivity contribution in [3.8, 4) is 0 Å². The fraction of sp³-hybridized carbons (Fsp3) is 0.944. The van der Waals surface area contributed by atoms with Crippen LogP contribution in [-0.2, 0) is 23.7 Å². The van der Waals surface area contributed by atoms with Crippen LogP contribution in [0, 0.1) is 0 Å². The first-order chi connectivity index (χ1) is 15.9. The van der Waals surface area contributed by atoms with Crippen LogP contribution < -0.4 is 0 Å². The molecule has 0 spiro atoms. The molecule has 0 aromatic rings. The van der Waals surface area contributed by atoms with Crippen LogP contribution in [0.3, 0.4) is 0 Å². The van der Waals surface area contributed by atoms with E-state index in [2.05, 4.69) is 0 Å². The van der Waals surface area contributed by atoms with Gasteiger partial charge >= 0.3 is 0 Å². The van der Waals surface area contributed by atoms with Crippen LogP contribution in [0.25, 0.3) is 0 Å². The van der Waals surface area contributed by atoms with Gasteiger partial charge in [-0.25, -0.2) is 0 Å². The minimum Gasteiger partial charge on any atom is -0.394 e.